The molecule has 1 rings (SSSR count). The standard InChI is InChI=1S/C9H2F5N/c10-5-2-1-4(8(13)9(5)14)7(12)6(11)3-15/h1-2H. The number of nitrogens with zero attached hydrogens (tertiary/aromatic N) is 1. The molecule has 0 amide bonds. The number of allylic oxidation sites excluding steroid dienone is 1. The van der Waals surface area contributed by atoms with Gasteiger partial charge in [0.1, 0.15) is 6.07 Å². The minimum absolute atomic E-state index is 0.429. The normalized spacial score (nSPS) is 12.0. The summed E-state index contributed by atoms with van der Waals surface area (Å²) in [6.07, 6.45) is 0. The molecular formula is C9H2F5N. The fourth-order valence-corrected chi connectivity index (χ4v) is 0.863. The molecular weight excluding hydrogens is 217 g/mol. The molecule has 0 aromatic heterocycles. The van der Waals surface area contributed by atoms with E-state index in [-0.39, 0.29) is 0 Å². The van der Waals surface area contributed by atoms with Crippen molar-refractivity contribution >= 4 is 5.83 Å². The van der Waals surface area contributed by atoms with Gasteiger partial charge in [0.05, 0.1) is 5.56 Å². The third kappa shape index (κ3) is 1.96. The summed E-state index contributed by atoms with van der Waals surface area (Å²) < 4.78 is 63.1. The lowest BCUT2D eigenvalue weighted by Crippen LogP contribution is -1.96. The van der Waals surface area contributed by atoms with Crippen LogP contribution in [0.25, 0.3) is 5.83 Å². The Kier molecular flexibility index (Phi) is 3.04. The van der Waals surface area contributed by atoms with Crippen LogP contribution in [-0.4, -0.2) is 0 Å². The lowest BCUT2D eigenvalue weighted by atomic mass is 10.1. The van der Waals surface area contributed by atoms with Crippen molar-refractivity contribution in [3.8, 4) is 6.07 Å². The van der Waals surface area contributed by atoms with E-state index in [1.54, 1.807) is 0 Å². The molecule has 1 aromatic carbocycles. The molecule has 0 spiro atoms. The molecule has 0 N–H and O–H groups in total. The number of hydrogen-bond acceptors (Lipinski definition) is 1. The first-order valence-corrected chi connectivity index (χ1v) is 3.58. The highest BCUT2D eigenvalue weighted by Crippen LogP contribution is 2.26. The molecule has 0 heterocycles. The summed E-state index contributed by atoms with van der Waals surface area (Å²) in [4.78, 5) is 0. The first-order chi connectivity index (χ1) is 6.99. The lowest BCUT2D eigenvalue weighted by molar-refractivity contribution is 0.443. The van der Waals surface area contributed by atoms with Crippen molar-refractivity contribution in [3.63, 3.8) is 0 Å². The van der Waals surface area contributed by atoms with Crippen LogP contribution in [0.2, 0.25) is 0 Å². The van der Waals surface area contributed by atoms with Gasteiger partial charge in [-0.05, 0) is 12.1 Å². The highest BCUT2D eigenvalue weighted by atomic mass is 19.2. The van der Waals surface area contributed by atoms with Gasteiger partial charge in [-0.15, -0.1) is 0 Å². The predicted octanol–water partition coefficient (Wildman–Crippen LogP) is 3.24. The lowest BCUT2D eigenvalue weighted by Gasteiger charge is -2.01. The van der Waals surface area contributed by atoms with Crippen LogP contribution in [0.3, 0.4) is 0 Å². The van der Waals surface area contributed by atoms with E-state index >= 15 is 0 Å². The number of nitriles is 1. The highest BCUT2D eigenvalue weighted by molar-refractivity contribution is 5.64. The zero-order chi connectivity index (χ0) is 11.6. The molecule has 0 aliphatic rings. The fraction of sp³-hybridized carbons (Fsp3) is 0. The van der Waals surface area contributed by atoms with Crippen LogP contribution in [0.1, 0.15) is 5.56 Å². The van der Waals surface area contributed by atoms with E-state index in [0.29, 0.717) is 12.1 Å². The van der Waals surface area contributed by atoms with Gasteiger partial charge in [-0.1, -0.05) is 0 Å². The Bertz CT molecular complexity index is 472. The molecule has 0 radical (unpaired) electrons. The van der Waals surface area contributed by atoms with Crippen molar-refractivity contribution in [2.45, 2.75) is 0 Å². The largest absolute Gasteiger partial charge is 0.236 e. The van der Waals surface area contributed by atoms with Crippen LogP contribution in [-0.2, 0) is 0 Å². The van der Waals surface area contributed by atoms with Gasteiger partial charge in [-0.25, -0.2) is 17.6 Å². The van der Waals surface area contributed by atoms with Crippen molar-refractivity contribution in [3.05, 3.63) is 41.0 Å². The van der Waals surface area contributed by atoms with E-state index in [0.717, 1.165) is 6.07 Å². The van der Waals surface area contributed by atoms with E-state index in [4.69, 9.17) is 5.26 Å². The summed E-state index contributed by atoms with van der Waals surface area (Å²) in [7, 11) is 0. The Morgan fingerprint density at radius 2 is 1.67 bits per heavy atom. The van der Waals surface area contributed by atoms with Gasteiger partial charge in [-0.2, -0.15) is 9.65 Å². The van der Waals surface area contributed by atoms with Gasteiger partial charge in [0.15, 0.2) is 23.3 Å². The average molecular weight is 219 g/mol. The van der Waals surface area contributed by atoms with E-state index in [1.807, 2.05) is 0 Å². The molecule has 0 bridgehead atoms. The first-order valence-electron chi connectivity index (χ1n) is 3.58. The average Bonchev–Trinajstić information content (AvgIpc) is 2.24. The Labute approximate surface area is 81.1 Å². The molecule has 0 fully saturated rings. The van der Waals surface area contributed by atoms with Gasteiger partial charge in [0.2, 0.25) is 5.83 Å². The summed E-state index contributed by atoms with van der Waals surface area (Å²) in [5, 5.41) is 7.97. The summed E-state index contributed by atoms with van der Waals surface area (Å²) in [6, 6.07) is 1.71. The van der Waals surface area contributed by atoms with Gasteiger partial charge in [0.25, 0.3) is 0 Å². The minimum Gasteiger partial charge on any atom is -0.204 e. The van der Waals surface area contributed by atoms with Gasteiger partial charge in [-0.3, -0.25) is 0 Å². The SMILES string of the molecule is N#CC(F)=C(F)c1ccc(F)c(F)c1F. The van der Waals surface area contributed by atoms with Crippen LogP contribution in [0.15, 0.2) is 18.0 Å². The maximum absolute atomic E-state index is 12.9. The second kappa shape index (κ2) is 4.09. The molecule has 15 heavy (non-hydrogen) atoms. The summed E-state index contributed by atoms with van der Waals surface area (Å²) in [5.41, 5.74) is -1.13. The minimum atomic E-state index is -1.92. The second-order valence-corrected chi connectivity index (χ2v) is 2.46. The number of rotatable bonds is 1. The van der Waals surface area contributed by atoms with E-state index in [2.05, 4.69) is 0 Å². The van der Waals surface area contributed by atoms with Gasteiger partial charge < -0.3 is 0 Å². The molecule has 0 unspecified atom stereocenters. The zero-order valence-electron chi connectivity index (χ0n) is 6.99. The third-order valence-corrected chi connectivity index (χ3v) is 1.56. The molecule has 0 saturated heterocycles. The number of benzene rings is 1. The Morgan fingerprint density at radius 1 is 1.07 bits per heavy atom. The molecule has 0 saturated carbocycles. The molecule has 1 aromatic rings. The summed E-state index contributed by atoms with van der Waals surface area (Å²) in [5.74, 6) is -9.10. The number of halogens is 5. The highest BCUT2D eigenvalue weighted by Gasteiger charge is 2.19. The maximum atomic E-state index is 12.9. The van der Waals surface area contributed by atoms with Crippen LogP contribution in [0.4, 0.5) is 22.0 Å². The molecule has 0 atom stereocenters. The van der Waals surface area contributed by atoms with Crippen molar-refractivity contribution in [1.29, 1.82) is 5.26 Å². The third-order valence-electron chi connectivity index (χ3n) is 1.56. The van der Waals surface area contributed by atoms with Crippen LogP contribution in [0, 0.1) is 28.8 Å². The van der Waals surface area contributed by atoms with E-state index < -0.39 is 34.7 Å². The summed E-state index contributed by atoms with van der Waals surface area (Å²) in [6.45, 7) is 0. The van der Waals surface area contributed by atoms with Gasteiger partial charge >= 0.3 is 0 Å². The maximum Gasteiger partial charge on any atom is 0.236 e. The molecule has 0 aliphatic carbocycles. The van der Waals surface area contributed by atoms with Crippen LogP contribution >= 0.6 is 0 Å². The van der Waals surface area contributed by atoms with Crippen LogP contribution in [0.5, 0.6) is 0 Å². The van der Waals surface area contributed by atoms with E-state index in [9.17, 15) is 22.0 Å². The topological polar surface area (TPSA) is 23.8 Å². The predicted molar refractivity (Wildman–Crippen MR) is 41.1 cm³/mol. The first kappa shape index (κ1) is 11.2. The van der Waals surface area contributed by atoms with Crippen molar-refractivity contribution in [2.75, 3.05) is 0 Å². The fourth-order valence-electron chi connectivity index (χ4n) is 0.863. The van der Waals surface area contributed by atoms with E-state index in [1.165, 1.54) is 0 Å². The smallest absolute Gasteiger partial charge is 0.204 e. The Balaban J connectivity index is 3.43. The zero-order valence-corrected chi connectivity index (χ0v) is 6.99. The second-order valence-electron chi connectivity index (χ2n) is 2.46. The Hall–Kier alpha value is -1.90. The van der Waals surface area contributed by atoms with Gasteiger partial charge in [0, 0.05) is 0 Å². The molecule has 6 heteroatoms. The van der Waals surface area contributed by atoms with Crippen molar-refractivity contribution < 1.29 is 22.0 Å². The van der Waals surface area contributed by atoms with Crippen LogP contribution < -0.4 is 0 Å². The Morgan fingerprint density at radius 3 is 2.20 bits per heavy atom. The molecule has 78 valence electrons. The summed E-state index contributed by atoms with van der Waals surface area (Å²) >= 11 is 0. The number of hydrogen-bond donors (Lipinski definition) is 0. The monoisotopic (exact) mass is 219 g/mol. The molecule has 0 aliphatic heterocycles. The molecule has 1 nitrogen and oxygen atoms in total. The van der Waals surface area contributed by atoms with Crippen molar-refractivity contribution in [1.82, 2.24) is 0 Å². The van der Waals surface area contributed by atoms with Crippen molar-refractivity contribution in [2.24, 2.45) is 0 Å². The quantitative estimate of drug-likeness (QED) is 0.404.